The molecule has 1 aliphatic heterocycles. The summed E-state index contributed by atoms with van der Waals surface area (Å²) >= 11 is 0. The van der Waals surface area contributed by atoms with E-state index in [1.165, 1.54) is 26.0 Å². The molecule has 1 saturated heterocycles. The lowest BCUT2D eigenvalue weighted by Gasteiger charge is -2.44. The molecule has 6 N–H and O–H groups in total. The van der Waals surface area contributed by atoms with Crippen molar-refractivity contribution in [3.63, 3.8) is 0 Å². The van der Waals surface area contributed by atoms with E-state index in [0.717, 1.165) is 12.1 Å². The molecule has 12 nitrogen and oxygen atoms in total. The van der Waals surface area contributed by atoms with Crippen LogP contribution in [-0.4, -0.2) is 97.3 Å². The SMILES string of the molecule is COc1cc(F)c(-c2cc(Cn3cnc4c(NC(CO)CO)ncnc43)c(N3CCC[C@](N)([C@H](O)C(F)F)C3)cn2)cc1F. The minimum absolute atomic E-state index is 0.0764. The van der Waals surface area contributed by atoms with Crippen LogP contribution in [0.2, 0.25) is 0 Å². The second-order valence-electron chi connectivity index (χ2n) is 10.7. The standard InChI is InChI=1S/C28H32F4N8O4/c1-44-22-7-18(29)17(6-19(22)30)20-5-15(21(8-34-20)39-4-2-3-28(33,12-39)24(43)25(31)32)9-40-14-37-23-26(35-13-36-27(23)40)38-16(10-41)11-42/h5-8,13-14,16,24-25,41-43H,2-4,9-12,33H2,1H3,(H,35,36,38)/t24-,28-/m1/s1. The highest BCUT2D eigenvalue weighted by Crippen LogP contribution is 2.35. The second-order valence-corrected chi connectivity index (χ2v) is 10.7. The van der Waals surface area contributed by atoms with Gasteiger partial charge in [0.1, 0.15) is 23.8 Å². The number of methoxy groups -OCH3 is 1. The van der Waals surface area contributed by atoms with Crippen molar-refractivity contribution in [2.45, 2.75) is 43.5 Å². The summed E-state index contributed by atoms with van der Waals surface area (Å²) in [5, 5.41) is 32.1. The van der Waals surface area contributed by atoms with Crippen LogP contribution in [0.25, 0.3) is 22.4 Å². The highest BCUT2D eigenvalue weighted by Gasteiger charge is 2.43. The van der Waals surface area contributed by atoms with Crippen LogP contribution in [0.4, 0.5) is 29.1 Å². The van der Waals surface area contributed by atoms with E-state index in [0.29, 0.717) is 35.4 Å². The number of ether oxygens (including phenoxy) is 1. The summed E-state index contributed by atoms with van der Waals surface area (Å²) in [4.78, 5) is 19.0. The van der Waals surface area contributed by atoms with Crippen molar-refractivity contribution in [3.05, 3.63) is 54.2 Å². The molecule has 0 bridgehead atoms. The summed E-state index contributed by atoms with van der Waals surface area (Å²) in [5.74, 6) is -1.56. The molecule has 1 aliphatic rings. The number of hydrogen-bond donors (Lipinski definition) is 5. The number of aliphatic hydroxyl groups is 3. The van der Waals surface area contributed by atoms with Crippen molar-refractivity contribution in [1.82, 2.24) is 24.5 Å². The second kappa shape index (κ2) is 12.9. The first kappa shape index (κ1) is 31.3. The largest absolute Gasteiger partial charge is 0.494 e. The predicted molar refractivity (Wildman–Crippen MR) is 153 cm³/mol. The van der Waals surface area contributed by atoms with Gasteiger partial charge in [-0.1, -0.05) is 0 Å². The highest BCUT2D eigenvalue weighted by atomic mass is 19.3. The number of imidazole rings is 1. The first-order valence-electron chi connectivity index (χ1n) is 13.7. The fourth-order valence-corrected chi connectivity index (χ4v) is 5.37. The van der Waals surface area contributed by atoms with Gasteiger partial charge < -0.3 is 40.6 Å². The molecule has 0 unspecified atom stereocenters. The molecule has 4 aromatic rings. The molecule has 44 heavy (non-hydrogen) atoms. The predicted octanol–water partition coefficient (Wildman–Crippen LogP) is 1.91. The minimum atomic E-state index is -3.04. The van der Waals surface area contributed by atoms with Crippen molar-refractivity contribution >= 4 is 22.7 Å². The number of rotatable bonds is 11. The first-order chi connectivity index (χ1) is 21.1. The number of nitrogens with zero attached hydrogens (tertiary/aromatic N) is 6. The van der Waals surface area contributed by atoms with Gasteiger partial charge in [0.25, 0.3) is 6.43 Å². The van der Waals surface area contributed by atoms with E-state index >= 15 is 4.39 Å². The van der Waals surface area contributed by atoms with Gasteiger partial charge in [0, 0.05) is 24.7 Å². The molecule has 0 saturated carbocycles. The average molecular weight is 621 g/mol. The zero-order valence-corrected chi connectivity index (χ0v) is 23.7. The van der Waals surface area contributed by atoms with Gasteiger partial charge in [0.15, 0.2) is 23.0 Å². The number of piperidine rings is 1. The van der Waals surface area contributed by atoms with E-state index in [9.17, 15) is 28.5 Å². The number of benzene rings is 1. The molecule has 236 valence electrons. The molecule has 5 rings (SSSR count). The van der Waals surface area contributed by atoms with Crippen LogP contribution in [0, 0.1) is 11.6 Å². The summed E-state index contributed by atoms with van der Waals surface area (Å²) in [7, 11) is 1.22. The maximum atomic E-state index is 15.1. The van der Waals surface area contributed by atoms with Crippen LogP contribution >= 0.6 is 0 Å². The molecular formula is C28H32F4N8O4. The Balaban J connectivity index is 1.58. The number of nitrogens with one attached hydrogen (secondary N) is 1. The van der Waals surface area contributed by atoms with Crippen molar-refractivity contribution in [3.8, 4) is 17.0 Å². The third-order valence-corrected chi connectivity index (χ3v) is 7.73. The average Bonchev–Trinajstić information content (AvgIpc) is 3.43. The zero-order valence-electron chi connectivity index (χ0n) is 23.7. The Morgan fingerprint density at radius 2 is 1.86 bits per heavy atom. The lowest BCUT2D eigenvalue weighted by atomic mass is 9.84. The minimum Gasteiger partial charge on any atom is -0.494 e. The van der Waals surface area contributed by atoms with Crippen molar-refractivity contribution in [1.29, 1.82) is 0 Å². The Morgan fingerprint density at radius 1 is 1.09 bits per heavy atom. The maximum absolute atomic E-state index is 15.1. The molecule has 3 aromatic heterocycles. The number of halogens is 4. The van der Waals surface area contributed by atoms with Crippen molar-refractivity contribution in [2.75, 3.05) is 43.6 Å². The van der Waals surface area contributed by atoms with Crippen LogP contribution in [-0.2, 0) is 6.54 Å². The molecule has 0 amide bonds. The van der Waals surface area contributed by atoms with Gasteiger partial charge >= 0.3 is 0 Å². The van der Waals surface area contributed by atoms with Gasteiger partial charge in [0.2, 0.25) is 0 Å². The van der Waals surface area contributed by atoms with Crippen molar-refractivity contribution < 1.29 is 37.6 Å². The number of aliphatic hydroxyl groups excluding tert-OH is 3. The third-order valence-electron chi connectivity index (χ3n) is 7.73. The zero-order chi connectivity index (χ0) is 31.6. The smallest absolute Gasteiger partial charge is 0.265 e. The summed E-state index contributed by atoms with van der Waals surface area (Å²) in [6, 6.07) is 2.75. The van der Waals surface area contributed by atoms with Gasteiger partial charge in [-0.3, -0.25) is 4.98 Å². The number of fused-ring (bicyclic) bond motifs is 1. The first-order valence-corrected chi connectivity index (χ1v) is 13.7. The number of hydrogen-bond acceptors (Lipinski definition) is 11. The van der Waals surface area contributed by atoms with E-state index in [4.69, 9.17) is 10.5 Å². The monoisotopic (exact) mass is 620 g/mol. The van der Waals surface area contributed by atoms with Gasteiger partial charge in [-0.25, -0.2) is 32.5 Å². The van der Waals surface area contributed by atoms with Gasteiger partial charge in [-0.2, -0.15) is 0 Å². The molecule has 0 spiro atoms. The van der Waals surface area contributed by atoms with E-state index in [1.807, 2.05) is 0 Å². The maximum Gasteiger partial charge on any atom is 0.265 e. The number of alkyl halides is 2. The summed E-state index contributed by atoms with van der Waals surface area (Å²) in [6.07, 6.45) is -0.314. The van der Waals surface area contributed by atoms with E-state index < -0.39 is 35.7 Å². The fraction of sp³-hybridized carbons (Fsp3) is 0.429. The van der Waals surface area contributed by atoms with Crippen LogP contribution in [0.5, 0.6) is 5.75 Å². The number of pyridine rings is 1. The third kappa shape index (κ3) is 6.10. The summed E-state index contributed by atoms with van der Waals surface area (Å²) < 4.78 is 63.2. The van der Waals surface area contributed by atoms with Crippen LogP contribution in [0.15, 0.2) is 37.1 Å². The van der Waals surface area contributed by atoms with E-state index in [-0.39, 0.29) is 55.5 Å². The van der Waals surface area contributed by atoms with Gasteiger partial charge in [-0.05, 0) is 30.5 Å². The molecule has 2 atom stereocenters. The molecule has 16 heteroatoms. The quantitative estimate of drug-likeness (QED) is 0.155. The van der Waals surface area contributed by atoms with E-state index in [1.54, 1.807) is 15.5 Å². The van der Waals surface area contributed by atoms with E-state index in [2.05, 4.69) is 25.3 Å². The topological polar surface area (TPSA) is 168 Å². The Hall–Kier alpha value is -4.12. The molecule has 0 aliphatic carbocycles. The molecule has 1 aromatic carbocycles. The fourth-order valence-electron chi connectivity index (χ4n) is 5.37. The Labute approximate surface area is 249 Å². The number of aromatic nitrogens is 5. The highest BCUT2D eigenvalue weighted by molar-refractivity contribution is 5.83. The molecular weight excluding hydrogens is 588 g/mol. The lowest BCUT2D eigenvalue weighted by molar-refractivity contribution is -0.0529. The Bertz CT molecular complexity index is 1620. The Morgan fingerprint density at radius 3 is 2.57 bits per heavy atom. The molecule has 4 heterocycles. The number of anilines is 2. The van der Waals surface area contributed by atoms with Crippen molar-refractivity contribution in [2.24, 2.45) is 5.73 Å². The van der Waals surface area contributed by atoms with Gasteiger partial charge in [0.05, 0.1) is 62.4 Å². The molecule has 0 radical (unpaired) electrons. The summed E-state index contributed by atoms with van der Waals surface area (Å²) in [5.41, 5.74) is 6.39. The Kier molecular flexibility index (Phi) is 9.15. The van der Waals surface area contributed by atoms with Gasteiger partial charge in [-0.15, -0.1) is 0 Å². The normalized spacial score (nSPS) is 17.9. The summed E-state index contributed by atoms with van der Waals surface area (Å²) in [6.45, 7) is -0.324. The van der Waals surface area contributed by atoms with Crippen LogP contribution in [0.1, 0.15) is 18.4 Å². The lowest BCUT2D eigenvalue weighted by Crippen LogP contribution is -2.63. The molecule has 1 fully saturated rings. The van der Waals surface area contributed by atoms with Crippen LogP contribution < -0.4 is 20.7 Å². The van der Waals surface area contributed by atoms with Crippen LogP contribution in [0.3, 0.4) is 0 Å². The number of nitrogens with two attached hydrogens (primary N) is 1.